The van der Waals surface area contributed by atoms with Crippen LogP contribution in [0.15, 0.2) is 30.5 Å². The van der Waals surface area contributed by atoms with Crippen molar-refractivity contribution in [1.29, 1.82) is 0 Å². The minimum Gasteiger partial charge on any atom is -0.491 e. The fraction of sp³-hybridized carbons (Fsp3) is 0.467. The van der Waals surface area contributed by atoms with Gasteiger partial charge in [-0.05, 0) is 51.0 Å². The Morgan fingerprint density at radius 2 is 2.06 bits per heavy atom. The van der Waals surface area contributed by atoms with Gasteiger partial charge < -0.3 is 14.4 Å². The quantitative estimate of drug-likeness (QED) is 0.795. The van der Waals surface area contributed by atoms with Crippen LogP contribution in [0.3, 0.4) is 0 Å². The Labute approximate surface area is 108 Å². The first-order valence-electron chi connectivity index (χ1n) is 6.57. The van der Waals surface area contributed by atoms with Crippen LogP contribution in [0, 0.1) is 0 Å². The smallest absolute Gasteiger partial charge is 0.120 e. The highest BCUT2D eigenvalue weighted by Gasteiger charge is 2.03. The van der Waals surface area contributed by atoms with Crippen molar-refractivity contribution in [2.24, 2.45) is 0 Å². The van der Waals surface area contributed by atoms with Crippen LogP contribution in [0.5, 0.6) is 5.75 Å². The number of hydrogen-bond acceptors (Lipinski definition) is 2. The van der Waals surface area contributed by atoms with E-state index in [1.807, 2.05) is 19.9 Å². The third-order valence-corrected chi connectivity index (χ3v) is 2.92. The Morgan fingerprint density at radius 3 is 2.78 bits per heavy atom. The molecule has 0 radical (unpaired) electrons. The minimum atomic E-state index is 0.203. The average molecular weight is 247 g/mol. The summed E-state index contributed by atoms with van der Waals surface area (Å²) in [5, 5.41) is 10.0. The molecule has 0 aliphatic rings. The van der Waals surface area contributed by atoms with E-state index < -0.39 is 0 Å². The molecule has 0 unspecified atom stereocenters. The third kappa shape index (κ3) is 3.05. The van der Waals surface area contributed by atoms with Crippen LogP contribution in [0.2, 0.25) is 0 Å². The van der Waals surface area contributed by atoms with E-state index >= 15 is 0 Å². The van der Waals surface area contributed by atoms with E-state index in [-0.39, 0.29) is 12.7 Å². The number of rotatable bonds is 6. The zero-order valence-electron chi connectivity index (χ0n) is 11.1. The monoisotopic (exact) mass is 247 g/mol. The van der Waals surface area contributed by atoms with Crippen molar-refractivity contribution in [2.75, 3.05) is 6.61 Å². The van der Waals surface area contributed by atoms with Gasteiger partial charge in [0.05, 0.1) is 6.10 Å². The average Bonchev–Trinajstić information content (AvgIpc) is 2.71. The van der Waals surface area contributed by atoms with E-state index in [9.17, 15) is 0 Å². The van der Waals surface area contributed by atoms with Gasteiger partial charge >= 0.3 is 0 Å². The molecular formula is C15H21NO2. The molecule has 0 bridgehead atoms. The highest BCUT2D eigenvalue weighted by atomic mass is 16.5. The summed E-state index contributed by atoms with van der Waals surface area (Å²) in [5.74, 6) is 0.922. The molecule has 2 aromatic rings. The first-order valence-corrected chi connectivity index (χ1v) is 6.57. The molecule has 3 heteroatoms. The van der Waals surface area contributed by atoms with Crippen molar-refractivity contribution in [2.45, 2.75) is 39.3 Å². The van der Waals surface area contributed by atoms with Gasteiger partial charge in [-0.2, -0.15) is 0 Å². The maximum Gasteiger partial charge on any atom is 0.120 e. The van der Waals surface area contributed by atoms with Gasteiger partial charge in [-0.3, -0.25) is 0 Å². The maximum absolute atomic E-state index is 8.80. The van der Waals surface area contributed by atoms with Crippen LogP contribution in [-0.2, 0) is 6.54 Å². The summed E-state index contributed by atoms with van der Waals surface area (Å²) in [6, 6.07) is 8.32. The SMILES string of the molecule is CC(C)Oc1ccc2c(ccn2CCCCO)c1. The molecule has 18 heavy (non-hydrogen) atoms. The normalized spacial score (nSPS) is 11.3. The van der Waals surface area contributed by atoms with Gasteiger partial charge in [-0.15, -0.1) is 0 Å². The molecular weight excluding hydrogens is 226 g/mol. The van der Waals surface area contributed by atoms with Crippen LogP contribution >= 0.6 is 0 Å². The first kappa shape index (κ1) is 13.0. The number of nitrogens with zero attached hydrogens (tertiary/aromatic N) is 1. The summed E-state index contributed by atoms with van der Waals surface area (Å²) < 4.78 is 7.91. The molecule has 98 valence electrons. The molecule has 0 amide bonds. The number of ether oxygens (including phenoxy) is 1. The molecule has 0 aliphatic heterocycles. The van der Waals surface area contributed by atoms with Crippen molar-refractivity contribution < 1.29 is 9.84 Å². The molecule has 0 fully saturated rings. The van der Waals surface area contributed by atoms with Gasteiger partial charge in [-0.1, -0.05) is 0 Å². The summed E-state index contributed by atoms with van der Waals surface area (Å²) in [6.45, 7) is 5.29. The largest absolute Gasteiger partial charge is 0.491 e. The van der Waals surface area contributed by atoms with Gasteiger partial charge in [0.2, 0.25) is 0 Å². The number of fused-ring (bicyclic) bond motifs is 1. The summed E-state index contributed by atoms with van der Waals surface area (Å²) in [6.07, 6.45) is 4.16. The fourth-order valence-corrected chi connectivity index (χ4v) is 2.11. The van der Waals surface area contributed by atoms with Gasteiger partial charge in [0.25, 0.3) is 0 Å². The topological polar surface area (TPSA) is 34.4 Å². The maximum atomic E-state index is 8.80. The number of unbranched alkanes of at least 4 members (excludes halogenated alkanes) is 1. The molecule has 0 aliphatic carbocycles. The second-order valence-electron chi connectivity index (χ2n) is 4.83. The third-order valence-electron chi connectivity index (χ3n) is 2.92. The van der Waals surface area contributed by atoms with Crippen molar-refractivity contribution in [3.05, 3.63) is 30.5 Å². The standard InChI is InChI=1S/C15H21NO2/c1-12(2)18-14-5-6-15-13(11-14)7-9-16(15)8-3-4-10-17/h5-7,9,11-12,17H,3-4,8,10H2,1-2H3. The fourth-order valence-electron chi connectivity index (χ4n) is 2.11. The summed E-state index contributed by atoms with van der Waals surface area (Å²) in [7, 11) is 0. The predicted molar refractivity (Wildman–Crippen MR) is 74.0 cm³/mol. The van der Waals surface area contributed by atoms with Crippen molar-refractivity contribution in [3.8, 4) is 5.75 Å². The van der Waals surface area contributed by atoms with E-state index in [1.54, 1.807) is 0 Å². The van der Waals surface area contributed by atoms with Crippen LogP contribution in [0.1, 0.15) is 26.7 Å². The zero-order chi connectivity index (χ0) is 13.0. The van der Waals surface area contributed by atoms with E-state index in [0.29, 0.717) is 0 Å². The summed E-state index contributed by atoms with van der Waals surface area (Å²) in [5.41, 5.74) is 1.23. The first-order chi connectivity index (χ1) is 8.70. The highest BCUT2D eigenvalue weighted by molar-refractivity contribution is 5.81. The van der Waals surface area contributed by atoms with Crippen LogP contribution in [0.25, 0.3) is 10.9 Å². The second kappa shape index (κ2) is 5.91. The number of aliphatic hydroxyl groups excluding tert-OH is 1. The lowest BCUT2D eigenvalue weighted by molar-refractivity contribution is 0.243. The van der Waals surface area contributed by atoms with Crippen molar-refractivity contribution >= 4 is 10.9 Å². The number of benzene rings is 1. The van der Waals surface area contributed by atoms with E-state index in [0.717, 1.165) is 25.1 Å². The number of hydrogen-bond donors (Lipinski definition) is 1. The lowest BCUT2D eigenvalue weighted by atomic mass is 10.2. The Morgan fingerprint density at radius 1 is 1.22 bits per heavy atom. The number of aryl methyl sites for hydroxylation is 1. The molecule has 1 aromatic heterocycles. The Kier molecular flexibility index (Phi) is 4.26. The van der Waals surface area contributed by atoms with Crippen LogP contribution < -0.4 is 4.74 Å². The molecule has 0 saturated carbocycles. The number of aliphatic hydroxyl groups is 1. The van der Waals surface area contributed by atoms with Crippen LogP contribution in [0.4, 0.5) is 0 Å². The molecule has 1 N–H and O–H groups in total. The Bertz CT molecular complexity index is 502. The summed E-state index contributed by atoms with van der Waals surface area (Å²) in [4.78, 5) is 0. The molecule has 1 heterocycles. The van der Waals surface area contributed by atoms with E-state index in [1.165, 1.54) is 10.9 Å². The van der Waals surface area contributed by atoms with Gasteiger partial charge in [0, 0.05) is 30.3 Å². The van der Waals surface area contributed by atoms with E-state index in [4.69, 9.17) is 9.84 Å². The predicted octanol–water partition coefficient (Wildman–Crippen LogP) is 3.20. The van der Waals surface area contributed by atoms with Gasteiger partial charge in [-0.25, -0.2) is 0 Å². The Hall–Kier alpha value is -1.48. The molecule has 0 atom stereocenters. The van der Waals surface area contributed by atoms with E-state index in [2.05, 4.69) is 29.0 Å². The molecule has 0 spiro atoms. The zero-order valence-corrected chi connectivity index (χ0v) is 11.1. The molecule has 0 saturated heterocycles. The second-order valence-corrected chi connectivity index (χ2v) is 4.83. The Balaban J connectivity index is 2.15. The van der Waals surface area contributed by atoms with Gasteiger partial charge in [0.15, 0.2) is 0 Å². The number of aromatic nitrogens is 1. The highest BCUT2D eigenvalue weighted by Crippen LogP contribution is 2.23. The lowest BCUT2D eigenvalue weighted by Gasteiger charge is -2.10. The van der Waals surface area contributed by atoms with Crippen molar-refractivity contribution in [3.63, 3.8) is 0 Å². The molecule has 3 nitrogen and oxygen atoms in total. The lowest BCUT2D eigenvalue weighted by Crippen LogP contribution is -2.05. The molecule has 1 aromatic carbocycles. The minimum absolute atomic E-state index is 0.203. The van der Waals surface area contributed by atoms with Crippen LogP contribution in [-0.4, -0.2) is 22.4 Å². The molecule has 2 rings (SSSR count). The van der Waals surface area contributed by atoms with Gasteiger partial charge in [0.1, 0.15) is 5.75 Å². The summed E-state index contributed by atoms with van der Waals surface area (Å²) >= 11 is 0. The van der Waals surface area contributed by atoms with Crippen molar-refractivity contribution in [1.82, 2.24) is 4.57 Å².